The van der Waals surface area contributed by atoms with E-state index in [9.17, 15) is 4.79 Å². The summed E-state index contributed by atoms with van der Waals surface area (Å²) < 4.78 is 5.74. The molecule has 0 aliphatic heterocycles. The van der Waals surface area contributed by atoms with Crippen molar-refractivity contribution in [2.24, 2.45) is 16.3 Å². The van der Waals surface area contributed by atoms with Gasteiger partial charge in [0.1, 0.15) is 0 Å². The van der Waals surface area contributed by atoms with Crippen molar-refractivity contribution in [1.29, 1.82) is 0 Å². The number of methoxy groups -OCH3 is 1. The van der Waals surface area contributed by atoms with Crippen LogP contribution in [-0.4, -0.2) is 49.2 Å². The zero-order chi connectivity index (χ0) is 19.7. The number of nitrogens with zero attached hydrogens (tertiary/aromatic N) is 1. The fourth-order valence-corrected chi connectivity index (χ4v) is 4.48. The number of nitrogens with one attached hydrogen (secondary N) is 3. The number of hydrogen-bond acceptors (Lipinski definition) is 3. The van der Waals surface area contributed by atoms with Gasteiger partial charge in [0, 0.05) is 43.1 Å². The fourth-order valence-electron chi connectivity index (χ4n) is 4.48. The SMILES string of the molecule is CCN=C(NC1CCCC(C(=O)NC2CC2)C1)NC1CC(C)(OC)C1(C)C. The Morgan fingerprint density at radius 1 is 1.07 bits per heavy atom. The lowest BCUT2D eigenvalue weighted by molar-refractivity contribution is -0.176. The number of hydrogen-bond donors (Lipinski definition) is 3. The molecule has 6 nitrogen and oxygen atoms in total. The van der Waals surface area contributed by atoms with Gasteiger partial charge < -0.3 is 20.7 Å². The van der Waals surface area contributed by atoms with Gasteiger partial charge in [-0.3, -0.25) is 9.79 Å². The van der Waals surface area contributed by atoms with Gasteiger partial charge in [0.25, 0.3) is 0 Å². The molecule has 0 aromatic carbocycles. The molecule has 0 spiro atoms. The van der Waals surface area contributed by atoms with E-state index < -0.39 is 0 Å². The average molecular weight is 379 g/mol. The molecule has 0 radical (unpaired) electrons. The molecule has 0 saturated heterocycles. The maximum atomic E-state index is 12.4. The maximum absolute atomic E-state index is 12.4. The molecule has 3 N–H and O–H groups in total. The third-order valence-corrected chi connectivity index (χ3v) is 7.22. The van der Waals surface area contributed by atoms with Crippen molar-refractivity contribution in [2.75, 3.05) is 13.7 Å². The highest BCUT2D eigenvalue weighted by molar-refractivity contribution is 5.81. The molecule has 4 atom stereocenters. The molecule has 0 bridgehead atoms. The molecule has 1 amide bonds. The van der Waals surface area contributed by atoms with Crippen molar-refractivity contribution >= 4 is 11.9 Å². The quantitative estimate of drug-likeness (QED) is 0.491. The van der Waals surface area contributed by atoms with Crippen LogP contribution < -0.4 is 16.0 Å². The predicted molar refractivity (Wildman–Crippen MR) is 109 cm³/mol. The third kappa shape index (κ3) is 4.41. The third-order valence-electron chi connectivity index (χ3n) is 7.22. The van der Waals surface area contributed by atoms with Crippen LogP contribution in [0.3, 0.4) is 0 Å². The van der Waals surface area contributed by atoms with Crippen LogP contribution in [-0.2, 0) is 9.53 Å². The first-order chi connectivity index (χ1) is 12.8. The molecule has 0 aromatic rings. The summed E-state index contributed by atoms with van der Waals surface area (Å²) in [5.74, 6) is 1.26. The van der Waals surface area contributed by atoms with Crippen molar-refractivity contribution in [2.45, 2.75) is 96.4 Å². The summed E-state index contributed by atoms with van der Waals surface area (Å²) in [6, 6.07) is 1.09. The van der Waals surface area contributed by atoms with Crippen molar-refractivity contribution in [3.05, 3.63) is 0 Å². The number of rotatable bonds is 6. The van der Waals surface area contributed by atoms with E-state index >= 15 is 0 Å². The first kappa shape index (κ1) is 20.4. The van der Waals surface area contributed by atoms with E-state index in [-0.39, 0.29) is 22.8 Å². The lowest BCUT2D eigenvalue weighted by Crippen LogP contribution is -2.69. The molecule has 3 aliphatic carbocycles. The molecule has 3 aliphatic rings. The van der Waals surface area contributed by atoms with E-state index in [0.717, 1.165) is 57.5 Å². The highest BCUT2D eigenvalue weighted by atomic mass is 16.5. The Morgan fingerprint density at radius 3 is 2.41 bits per heavy atom. The first-order valence-corrected chi connectivity index (χ1v) is 10.7. The van der Waals surface area contributed by atoms with Gasteiger partial charge in [-0.15, -0.1) is 0 Å². The van der Waals surface area contributed by atoms with Gasteiger partial charge in [-0.05, 0) is 52.4 Å². The number of amides is 1. The second-order valence-electron chi connectivity index (χ2n) is 9.37. The highest BCUT2D eigenvalue weighted by Gasteiger charge is 2.58. The number of guanidine groups is 1. The molecule has 4 unspecified atom stereocenters. The smallest absolute Gasteiger partial charge is 0.223 e. The molecule has 3 saturated carbocycles. The summed E-state index contributed by atoms with van der Waals surface area (Å²) >= 11 is 0. The average Bonchev–Trinajstić information content (AvgIpc) is 3.45. The molecular formula is C21H38N4O2. The fraction of sp³-hybridized carbons (Fsp3) is 0.905. The standard InChI is InChI=1S/C21H38N4O2/c1-6-22-19(25-17-13-21(4,27-5)20(17,2)3)24-16-9-7-8-14(12-16)18(26)23-15-10-11-15/h14-17H,6-13H2,1-5H3,(H,23,26)(H2,22,24,25). The molecular weight excluding hydrogens is 340 g/mol. The van der Waals surface area contributed by atoms with Gasteiger partial charge in [0.05, 0.1) is 5.60 Å². The van der Waals surface area contributed by atoms with Crippen LogP contribution in [0.25, 0.3) is 0 Å². The second kappa shape index (κ2) is 7.98. The number of aliphatic imine (C=N–C) groups is 1. The minimum atomic E-state index is -0.0984. The Bertz CT molecular complexity index is 573. The molecule has 154 valence electrons. The summed E-state index contributed by atoms with van der Waals surface area (Å²) in [7, 11) is 1.80. The van der Waals surface area contributed by atoms with Crippen LogP contribution in [0.15, 0.2) is 4.99 Å². The van der Waals surface area contributed by atoms with Crippen molar-refractivity contribution in [3.8, 4) is 0 Å². The van der Waals surface area contributed by atoms with Gasteiger partial charge >= 0.3 is 0 Å². The van der Waals surface area contributed by atoms with E-state index in [0.29, 0.717) is 18.1 Å². The summed E-state index contributed by atoms with van der Waals surface area (Å²) in [5.41, 5.74) is -0.0595. The van der Waals surface area contributed by atoms with E-state index in [1.807, 2.05) is 0 Å². The van der Waals surface area contributed by atoms with Crippen LogP contribution in [0.4, 0.5) is 0 Å². The summed E-state index contributed by atoms with van der Waals surface area (Å²) in [6.07, 6.45) is 7.36. The molecule has 6 heteroatoms. The largest absolute Gasteiger partial charge is 0.378 e. The summed E-state index contributed by atoms with van der Waals surface area (Å²) in [4.78, 5) is 17.1. The van der Waals surface area contributed by atoms with Crippen LogP contribution in [0, 0.1) is 11.3 Å². The topological polar surface area (TPSA) is 74.8 Å². The van der Waals surface area contributed by atoms with Crippen LogP contribution in [0.5, 0.6) is 0 Å². The van der Waals surface area contributed by atoms with E-state index in [1.165, 1.54) is 0 Å². The molecule has 0 heterocycles. The van der Waals surface area contributed by atoms with Gasteiger partial charge in [-0.25, -0.2) is 0 Å². The zero-order valence-electron chi connectivity index (χ0n) is 17.7. The minimum absolute atomic E-state index is 0.0389. The Labute approximate surface area is 164 Å². The minimum Gasteiger partial charge on any atom is -0.378 e. The number of carbonyl (C=O) groups is 1. The number of carbonyl (C=O) groups excluding carboxylic acids is 1. The van der Waals surface area contributed by atoms with Gasteiger partial charge in [-0.1, -0.05) is 20.3 Å². The maximum Gasteiger partial charge on any atom is 0.223 e. The Balaban J connectivity index is 1.55. The van der Waals surface area contributed by atoms with E-state index in [4.69, 9.17) is 4.74 Å². The predicted octanol–water partition coefficient (Wildman–Crippen LogP) is 2.58. The normalized spacial score (nSPS) is 35.9. The van der Waals surface area contributed by atoms with E-state index in [2.05, 4.69) is 48.6 Å². The van der Waals surface area contributed by atoms with Crippen LogP contribution >= 0.6 is 0 Å². The lowest BCUT2D eigenvalue weighted by atomic mass is 9.56. The zero-order valence-corrected chi connectivity index (χ0v) is 17.7. The van der Waals surface area contributed by atoms with Gasteiger partial charge in [0.2, 0.25) is 5.91 Å². The van der Waals surface area contributed by atoms with Gasteiger partial charge in [0.15, 0.2) is 5.96 Å². The molecule has 0 aromatic heterocycles. The molecule has 3 fully saturated rings. The van der Waals surface area contributed by atoms with Gasteiger partial charge in [-0.2, -0.15) is 0 Å². The number of ether oxygens (including phenoxy) is 1. The summed E-state index contributed by atoms with van der Waals surface area (Å²) in [5, 5.41) is 10.4. The monoisotopic (exact) mass is 378 g/mol. The Hall–Kier alpha value is -1.30. The summed E-state index contributed by atoms with van der Waals surface area (Å²) in [6.45, 7) is 9.48. The molecule has 27 heavy (non-hydrogen) atoms. The highest BCUT2D eigenvalue weighted by Crippen LogP contribution is 2.51. The van der Waals surface area contributed by atoms with Crippen LogP contribution in [0.1, 0.15) is 72.6 Å². The Kier molecular flexibility index (Phi) is 6.04. The second-order valence-corrected chi connectivity index (χ2v) is 9.37. The first-order valence-electron chi connectivity index (χ1n) is 10.7. The van der Waals surface area contributed by atoms with Crippen molar-refractivity contribution in [3.63, 3.8) is 0 Å². The van der Waals surface area contributed by atoms with Crippen LogP contribution in [0.2, 0.25) is 0 Å². The van der Waals surface area contributed by atoms with Crippen molar-refractivity contribution < 1.29 is 9.53 Å². The van der Waals surface area contributed by atoms with E-state index in [1.54, 1.807) is 7.11 Å². The Morgan fingerprint density at radius 2 is 1.81 bits per heavy atom. The lowest BCUT2D eigenvalue weighted by Gasteiger charge is -2.59. The van der Waals surface area contributed by atoms with Crippen molar-refractivity contribution in [1.82, 2.24) is 16.0 Å². The molecule has 3 rings (SSSR count).